The fourth-order valence-electron chi connectivity index (χ4n) is 11.1. The first-order valence-electron chi connectivity index (χ1n) is 26.8. The molecule has 6 atom stereocenters. The van der Waals surface area contributed by atoms with Crippen LogP contribution in [0.4, 0.5) is 11.4 Å². The van der Waals surface area contributed by atoms with Crippen molar-refractivity contribution in [3.05, 3.63) is 120 Å². The fourth-order valence-corrected chi connectivity index (χ4v) is 11.1. The average Bonchev–Trinajstić information content (AvgIpc) is 2.90. The van der Waals surface area contributed by atoms with Gasteiger partial charge in [0.1, 0.15) is 0 Å². The van der Waals surface area contributed by atoms with E-state index in [0.717, 1.165) is 7.11 Å². The predicted molar refractivity (Wildman–Crippen MR) is 296 cm³/mol. The van der Waals surface area contributed by atoms with Gasteiger partial charge in [-0.05, 0) is 77.4 Å². The van der Waals surface area contributed by atoms with Crippen LogP contribution in [0.1, 0.15) is 83.0 Å². The second kappa shape index (κ2) is 22.3. The summed E-state index contributed by atoms with van der Waals surface area (Å²) in [5.41, 5.74) is 2.65. The largest absolute Gasteiger partial charge is 0.479 e. The van der Waals surface area contributed by atoms with Gasteiger partial charge in [0.15, 0.2) is 36.0 Å². The van der Waals surface area contributed by atoms with Crippen molar-refractivity contribution in [3.63, 3.8) is 0 Å². The maximum atomic E-state index is 14.3. The number of ether oxygens (including phenoxy) is 5. The maximum absolute atomic E-state index is 14.3. The molecule has 6 aromatic rings. The zero-order valence-electron chi connectivity index (χ0n) is 46.3. The van der Waals surface area contributed by atoms with Gasteiger partial charge >= 0.3 is 11.9 Å². The molecular formula is C59H60N8O16. The smallest absolute Gasteiger partial charge is 0.338 e. The highest BCUT2D eigenvalue weighted by Gasteiger charge is 2.51. The Bertz CT molecular complexity index is 3650. The number of piperazine rings is 2. The van der Waals surface area contributed by atoms with E-state index in [0.29, 0.717) is 27.6 Å². The Morgan fingerprint density at radius 1 is 0.566 bits per heavy atom. The second-order valence-corrected chi connectivity index (χ2v) is 21.6. The van der Waals surface area contributed by atoms with Crippen LogP contribution in [0, 0.1) is 0 Å². The molecule has 0 spiro atoms. The number of amides is 6. The standard InChI is InChI=1S/C59H60N8O16/c1-30-28-64(52(72)33-12-9-8-10-13-33)22-24-67(30)55(75)45(69)39-27-61-42-37(39)21-20-35(43(42)63-51(71)47-49(57(78)79-7)83-59(5,6)81-47)32-16-18-34(19-17-32)53(73)65-23-25-66(31(2)29-65)54(74)44(68)38-26-60-41-36(38)14-11-15-40(41)62-50(70)46-48(56(76)77)82-58(3,4)80-46/h8-21,26-27,30-31,46-49,60-61H,22-25,28-29H2,1-7H3,(H,62,70)(H,63,71)(H,76,77)/t30-,31-,46+,47-,48+,49-/m1/s1. The van der Waals surface area contributed by atoms with E-state index in [9.17, 15) is 53.1 Å². The molecule has 0 saturated carbocycles. The monoisotopic (exact) mass is 1140 g/mol. The van der Waals surface area contributed by atoms with E-state index in [1.807, 2.05) is 6.07 Å². The van der Waals surface area contributed by atoms with Crippen LogP contribution in [0.3, 0.4) is 0 Å². The maximum Gasteiger partial charge on any atom is 0.338 e. The minimum absolute atomic E-state index is 0.0160. The Morgan fingerprint density at radius 3 is 1.60 bits per heavy atom. The Balaban J connectivity index is 0.845. The number of ketones is 2. The number of methoxy groups -OCH3 is 1. The highest BCUT2D eigenvalue weighted by atomic mass is 16.8. The highest BCUT2D eigenvalue weighted by Crippen LogP contribution is 2.39. The first-order valence-corrected chi connectivity index (χ1v) is 26.8. The summed E-state index contributed by atoms with van der Waals surface area (Å²) in [5.74, 6) is -10.3. The van der Waals surface area contributed by atoms with Crippen LogP contribution in [0.15, 0.2) is 97.3 Å². The molecule has 10 rings (SSSR count). The predicted octanol–water partition coefficient (Wildman–Crippen LogP) is 4.60. The van der Waals surface area contributed by atoms with E-state index in [1.54, 1.807) is 96.4 Å². The number of anilines is 2. The van der Waals surface area contributed by atoms with Gasteiger partial charge in [-0.1, -0.05) is 54.6 Å². The summed E-state index contributed by atoms with van der Waals surface area (Å²) in [7, 11) is 1.15. The number of carboxylic acids is 1. The van der Waals surface area contributed by atoms with Gasteiger partial charge in [-0.2, -0.15) is 0 Å². The van der Waals surface area contributed by atoms with Crippen molar-refractivity contribution in [1.29, 1.82) is 0 Å². The number of nitrogens with one attached hydrogen (secondary N) is 4. The number of esters is 1. The molecule has 4 saturated heterocycles. The van der Waals surface area contributed by atoms with Gasteiger partial charge in [0.05, 0.1) is 40.6 Å². The summed E-state index contributed by atoms with van der Waals surface area (Å²) >= 11 is 0. The van der Waals surface area contributed by atoms with E-state index in [4.69, 9.17) is 23.7 Å². The van der Waals surface area contributed by atoms with Crippen molar-refractivity contribution in [2.24, 2.45) is 0 Å². The number of nitrogens with zero attached hydrogens (tertiary/aromatic N) is 4. The molecule has 432 valence electrons. The zero-order valence-corrected chi connectivity index (χ0v) is 46.3. The number of carboxylic acid groups (broad SMARTS) is 1. The van der Waals surface area contributed by atoms with E-state index in [-0.39, 0.29) is 90.1 Å². The zero-order chi connectivity index (χ0) is 59.4. The number of para-hydroxylation sites is 1. The number of aromatic amines is 2. The van der Waals surface area contributed by atoms with Crippen LogP contribution in [0.2, 0.25) is 0 Å². The number of hydrogen-bond acceptors (Lipinski definition) is 15. The number of hydrogen-bond donors (Lipinski definition) is 5. The summed E-state index contributed by atoms with van der Waals surface area (Å²) in [6.07, 6.45) is -3.23. The number of aromatic nitrogens is 2. The lowest BCUT2D eigenvalue weighted by atomic mass is 9.97. The molecule has 2 aromatic heterocycles. The molecule has 0 radical (unpaired) electrons. The van der Waals surface area contributed by atoms with Crippen LogP contribution in [-0.4, -0.2) is 188 Å². The van der Waals surface area contributed by atoms with Crippen molar-refractivity contribution in [2.45, 2.75) is 89.6 Å². The topological polar surface area (TPSA) is 306 Å². The number of H-pyrrole nitrogens is 2. The van der Waals surface area contributed by atoms with Gasteiger partial charge in [-0.15, -0.1) is 0 Å². The summed E-state index contributed by atoms with van der Waals surface area (Å²) in [6, 6.07) is 22.1. The second-order valence-electron chi connectivity index (χ2n) is 21.6. The molecule has 0 unspecified atom stereocenters. The van der Waals surface area contributed by atoms with Gasteiger partial charge in [-0.3, -0.25) is 38.4 Å². The molecule has 4 fully saturated rings. The number of fused-ring (bicyclic) bond motifs is 2. The first-order chi connectivity index (χ1) is 39.4. The van der Waals surface area contributed by atoms with Crippen LogP contribution in [-0.2, 0) is 52.5 Å². The van der Waals surface area contributed by atoms with Crippen molar-refractivity contribution in [2.75, 3.05) is 57.0 Å². The molecule has 83 heavy (non-hydrogen) atoms. The minimum atomic E-state index is -1.56. The van der Waals surface area contributed by atoms with Gasteiger partial charge in [0.2, 0.25) is 0 Å². The lowest BCUT2D eigenvalue weighted by Crippen LogP contribution is -2.56. The Labute approximate surface area is 474 Å². The molecule has 4 aliphatic rings. The van der Waals surface area contributed by atoms with E-state index < -0.39 is 95.2 Å². The highest BCUT2D eigenvalue weighted by molar-refractivity contribution is 6.46. The lowest BCUT2D eigenvalue weighted by molar-refractivity contribution is -0.168. The Morgan fingerprint density at radius 2 is 1.06 bits per heavy atom. The van der Waals surface area contributed by atoms with Crippen molar-refractivity contribution >= 4 is 92.1 Å². The Kier molecular flexibility index (Phi) is 15.4. The molecule has 5 N–H and O–H groups in total. The van der Waals surface area contributed by atoms with E-state index in [2.05, 4.69) is 20.6 Å². The molecule has 0 bridgehead atoms. The molecule has 6 heterocycles. The molecular weight excluding hydrogens is 1080 g/mol. The van der Waals surface area contributed by atoms with E-state index in [1.165, 1.54) is 56.0 Å². The minimum Gasteiger partial charge on any atom is -0.479 e. The number of benzene rings is 4. The third kappa shape index (κ3) is 11.1. The van der Waals surface area contributed by atoms with Crippen LogP contribution in [0.5, 0.6) is 0 Å². The van der Waals surface area contributed by atoms with E-state index >= 15 is 0 Å². The number of aliphatic carboxylic acids is 1. The molecule has 6 amide bonds. The quantitative estimate of drug-likeness (QED) is 0.0599. The lowest BCUT2D eigenvalue weighted by Gasteiger charge is -2.39. The third-order valence-corrected chi connectivity index (χ3v) is 15.2. The summed E-state index contributed by atoms with van der Waals surface area (Å²) < 4.78 is 27.6. The number of carbonyl (C=O) groups is 10. The van der Waals surface area contributed by atoms with Crippen LogP contribution < -0.4 is 10.6 Å². The van der Waals surface area contributed by atoms with Crippen LogP contribution >= 0.6 is 0 Å². The van der Waals surface area contributed by atoms with Crippen molar-refractivity contribution in [3.8, 4) is 11.1 Å². The number of carbonyl (C=O) groups excluding carboxylic acids is 9. The number of Topliss-reactive ketones (excluding diaryl/α,β-unsaturated/α-hetero) is 2. The van der Waals surface area contributed by atoms with Gasteiger partial charge < -0.3 is 69.0 Å². The number of rotatable bonds is 13. The van der Waals surface area contributed by atoms with Crippen molar-refractivity contribution < 1.29 is 76.7 Å². The van der Waals surface area contributed by atoms with Crippen molar-refractivity contribution in [1.82, 2.24) is 29.6 Å². The summed E-state index contributed by atoms with van der Waals surface area (Å²) in [5, 5.41) is 15.8. The molecule has 24 nitrogen and oxygen atoms in total. The van der Waals surface area contributed by atoms with Gasteiger partial charge in [-0.25, -0.2) is 9.59 Å². The molecule has 4 aromatic carbocycles. The van der Waals surface area contributed by atoms with Gasteiger partial charge in [0, 0.05) is 91.2 Å². The first kappa shape index (κ1) is 57.1. The molecule has 24 heteroatoms. The normalized spacial score (nSPS) is 22.1. The van der Waals surface area contributed by atoms with Crippen LogP contribution in [0.25, 0.3) is 32.9 Å². The summed E-state index contributed by atoms with van der Waals surface area (Å²) in [4.78, 5) is 148. The Hall–Kier alpha value is -9.10. The SMILES string of the molecule is COC(=O)[C@@H]1OC(C)(C)O[C@H]1C(=O)Nc1c(-c2ccc(C(=O)N3CCN(C(=O)C(=O)c4c[nH]c5c(NC(=O)[C@H]6OC(C)(C)O[C@@H]6C(=O)O)cccc45)[C@H](C)C3)cc2)ccc2c(C(=O)C(=O)N3CCN(C(=O)c4ccccc4)C[C@H]3C)c[nH]c12. The summed E-state index contributed by atoms with van der Waals surface area (Å²) in [6.45, 7) is 10.2. The molecule has 0 aliphatic carbocycles. The van der Waals surface area contributed by atoms with Gasteiger partial charge in [0.25, 0.3) is 47.0 Å². The fraction of sp³-hybridized carbons (Fsp3) is 0.356. The average molecular weight is 1140 g/mol. The molecule has 4 aliphatic heterocycles. The third-order valence-electron chi connectivity index (χ3n) is 15.2.